The summed E-state index contributed by atoms with van der Waals surface area (Å²) in [5.41, 5.74) is 8.84. The van der Waals surface area contributed by atoms with Gasteiger partial charge >= 0.3 is 30.6 Å². The molecule has 0 heterocycles. The predicted molar refractivity (Wildman–Crippen MR) is 248 cm³/mol. The Morgan fingerprint density at radius 1 is 0.638 bits per heavy atom. The fourth-order valence-electron chi connectivity index (χ4n) is 14.2. The standard InChI is InChI=1S/C43H61O2P.C10H13.BrH.Pd/c1-25(2)34-17-35(26(3)4)39(36(18-34)27(5)6)40-37(44-7)9-10-38(45-8)41(40)46(42-19-28-11-29(20-42)13-30(12-28)21-42)43-22-31-14-32(23-43)16-33(15-31)24-43;1-2-3-7-10-8-5-4-6-9-10;;/h9-10,17-18,25-33H,11-16,19-24H2,1-8H3;5-6,8-9H,2-3,7H2,1H3;1H;/q;-1;;+2/p-1. The Morgan fingerprint density at radius 2 is 1.05 bits per heavy atom. The van der Waals surface area contributed by atoms with Crippen LogP contribution in [0.4, 0.5) is 0 Å². The van der Waals surface area contributed by atoms with E-state index in [4.69, 9.17) is 9.47 Å². The Balaban J connectivity index is 0.000000371. The third kappa shape index (κ3) is 8.87. The zero-order valence-corrected chi connectivity index (χ0v) is 41.4. The third-order valence-corrected chi connectivity index (χ3v) is 19.6. The van der Waals surface area contributed by atoms with Crippen LogP contribution in [-0.4, -0.2) is 24.5 Å². The van der Waals surface area contributed by atoms with Gasteiger partial charge in [0.1, 0.15) is 11.5 Å². The van der Waals surface area contributed by atoms with Crippen LogP contribution in [0.1, 0.15) is 178 Å². The van der Waals surface area contributed by atoms with Crippen LogP contribution in [0.2, 0.25) is 0 Å². The quantitative estimate of drug-likeness (QED) is 0.102. The molecule has 5 heteroatoms. The Kier molecular flexibility index (Phi) is 14.8. The fourth-order valence-corrected chi connectivity index (χ4v) is 19.7. The molecule has 320 valence electrons. The summed E-state index contributed by atoms with van der Waals surface area (Å²) >= 11 is 5.35. The molecule has 2 nitrogen and oxygen atoms in total. The van der Waals surface area contributed by atoms with Crippen molar-refractivity contribution < 1.29 is 26.7 Å². The van der Waals surface area contributed by atoms with E-state index in [1.807, 2.05) is 26.4 Å². The summed E-state index contributed by atoms with van der Waals surface area (Å²) in [6.45, 7) is 16.6. The van der Waals surface area contributed by atoms with Gasteiger partial charge in [0.15, 0.2) is 0 Å². The molecule has 8 fully saturated rings. The van der Waals surface area contributed by atoms with Gasteiger partial charge in [0, 0.05) is 10.9 Å². The van der Waals surface area contributed by atoms with E-state index in [1.165, 1.54) is 135 Å². The maximum absolute atomic E-state index is 6.64. The molecule has 0 N–H and O–H groups in total. The van der Waals surface area contributed by atoms with Crippen LogP contribution in [0, 0.1) is 41.6 Å². The number of hydrogen-bond acceptors (Lipinski definition) is 2. The Bertz CT molecular complexity index is 1690. The van der Waals surface area contributed by atoms with Crippen molar-refractivity contribution >= 4 is 26.7 Å². The molecule has 8 aliphatic rings. The van der Waals surface area contributed by atoms with E-state index in [-0.39, 0.29) is 0 Å². The topological polar surface area (TPSA) is 18.5 Å². The molecule has 58 heavy (non-hydrogen) atoms. The van der Waals surface area contributed by atoms with Gasteiger partial charge in [-0.2, -0.15) is 35.9 Å². The molecule has 8 aliphatic carbocycles. The van der Waals surface area contributed by atoms with Gasteiger partial charge in [-0.3, -0.25) is 0 Å². The molecule has 8 bridgehead atoms. The van der Waals surface area contributed by atoms with Crippen LogP contribution in [-0.2, 0) is 23.6 Å². The van der Waals surface area contributed by atoms with E-state index in [0.717, 1.165) is 41.3 Å². The minimum atomic E-state index is -0.485. The molecule has 0 radical (unpaired) electrons. The minimum absolute atomic E-state index is 0.431. The number of ether oxygens (including phenoxy) is 2. The van der Waals surface area contributed by atoms with Crippen molar-refractivity contribution in [3.05, 3.63) is 76.9 Å². The predicted octanol–water partition coefficient (Wildman–Crippen LogP) is 15.5. The molecule has 0 aromatic heterocycles. The molecule has 0 saturated heterocycles. The van der Waals surface area contributed by atoms with E-state index in [2.05, 4.69) is 122 Å². The summed E-state index contributed by atoms with van der Waals surface area (Å²) < 4.78 is 13.2. The molecule has 0 unspecified atom stereocenters. The Morgan fingerprint density at radius 3 is 1.41 bits per heavy atom. The zero-order valence-electron chi connectivity index (χ0n) is 37.4. The second-order valence-corrected chi connectivity index (χ2v) is 23.9. The van der Waals surface area contributed by atoms with Gasteiger partial charge in [-0.25, -0.2) is 0 Å². The van der Waals surface area contributed by atoms with Gasteiger partial charge in [-0.05, 0) is 175 Å². The summed E-state index contributed by atoms with van der Waals surface area (Å²) in [6.07, 6.45) is 21.7. The molecular formula is C53H74BrO2PPd. The molecule has 3 aromatic rings. The summed E-state index contributed by atoms with van der Waals surface area (Å²) in [5.74, 6) is 9.33. The van der Waals surface area contributed by atoms with Gasteiger partial charge in [0.25, 0.3) is 0 Å². The molecule has 0 atom stereocenters. The van der Waals surface area contributed by atoms with Crippen LogP contribution in [0.3, 0.4) is 0 Å². The first-order valence-corrected chi connectivity index (χ1v) is 28.2. The van der Waals surface area contributed by atoms with Gasteiger partial charge in [-0.15, -0.1) is 0 Å². The number of unbranched alkanes of at least 4 members (excludes halogenated alkanes) is 1. The first-order valence-electron chi connectivity index (χ1n) is 23.3. The average molecular weight is 960 g/mol. The SMILES string of the molecule is CCCCc1cc[c-]cc1.COc1ccc(OC)c(P(C23CC4CC(CC(C4)C2)C3)C23CC4CC(CC(C4)C2)C3)c1-c1c(C(C)C)cc(C(C)C)cc1C(C)C.[Br][Pd+]. The number of hydrogen-bond donors (Lipinski definition) is 0. The molecule has 0 amide bonds. The fraction of sp³-hybridized carbons (Fsp3) is 0.660. The number of rotatable bonds is 12. The summed E-state index contributed by atoms with van der Waals surface area (Å²) in [4.78, 5) is 0. The zero-order chi connectivity index (χ0) is 41.4. The van der Waals surface area contributed by atoms with Gasteiger partial charge in [0.2, 0.25) is 0 Å². The van der Waals surface area contributed by atoms with Crippen LogP contribution in [0.5, 0.6) is 11.5 Å². The first kappa shape index (κ1) is 44.9. The molecule has 0 aliphatic heterocycles. The van der Waals surface area contributed by atoms with E-state index in [1.54, 1.807) is 5.30 Å². The number of aryl methyl sites for hydroxylation is 1. The second kappa shape index (κ2) is 19.1. The number of halogens is 1. The third-order valence-electron chi connectivity index (χ3n) is 15.7. The van der Waals surface area contributed by atoms with Crippen LogP contribution in [0.25, 0.3) is 11.1 Å². The number of benzene rings is 3. The summed E-state index contributed by atoms with van der Waals surface area (Å²) in [7, 11) is 3.41. The molecule has 8 saturated carbocycles. The van der Waals surface area contributed by atoms with E-state index < -0.39 is 7.92 Å². The van der Waals surface area contributed by atoms with Gasteiger partial charge < -0.3 is 9.47 Å². The summed E-state index contributed by atoms with van der Waals surface area (Å²) in [6, 6.07) is 20.9. The monoisotopic (exact) mass is 958 g/mol. The van der Waals surface area contributed by atoms with Crippen molar-refractivity contribution in [3.8, 4) is 22.6 Å². The normalized spacial score (nSPS) is 30.6. The van der Waals surface area contributed by atoms with Crippen molar-refractivity contribution in [2.24, 2.45) is 35.5 Å². The van der Waals surface area contributed by atoms with Crippen molar-refractivity contribution in [2.75, 3.05) is 14.2 Å². The van der Waals surface area contributed by atoms with E-state index in [0.29, 0.717) is 28.1 Å². The van der Waals surface area contributed by atoms with Crippen molar-refractivity contribution in [1.82, 2.24) is 0 Å². The number of methoxy groups -OCH3 is 2. The Hall–Kier alpha value is -1.17. The van der Waals surface area contributed by atoms with E-state index >= 15 is 0 Å². The maximum atomic E-state index is 6.64. The van der Waals surface area contributed by atoms with Gasteiger partial charge in [-0.1, -0.05) is 87.8 Å². The van der Waals surface area contributed by atoms with Crippen LogP contribution < -0.4 is 14.8 Å². The van der Waals surface area contributed by atoms with Crippen molar-refractivity contribution in [2.45, 2.75) is 173 Å². The van der Waals surface area contributed by atoms with Crippen LogP contribution >= 0.6 is 21.4 Å². The van der Waals surface area contributed by atoms with E-state index in [9.17, 15) is 0 Å². The molecular weight excluding hydrogens is 886 g/mol. The second-order valence-electron chi connectivity index (χ2n) is 20.9. The van der Waals surface area contributed by atoms with Crippen molar-refractivity contribution in [1.29, 1.82) is 0 Å². The summed E-state index contributed by atoms with van der Waals surface area (Å²) in [5, 5.41) is 2.54. The van der Waals surface area contributed by atoms with Crippen molar-refractivity contribution in [3.63, 3.8) is 0 Å². The molecule has 0 spiro atoms. The Labute approximate surface area is 373 Å². The average Bonchev–Trinajstić information content (AvgIpc) is 3.19. The first-order chi connectivity index (χ1) is 28.0. The molecule has 11 rings (SSSR count). The van der Waals surface area contributed by atoms with Gasteiger partial charge in [0.05, 0.1) is 14.2 Å². The van der Waals surface area contributed by atoms with Crippen LogP contribution in [0.15, 0.2) is 48.5 Å². The molecule has 3 aromatic carbocycles.